The Bertz CT molecular complexity index is 835. The third-order valence-corrected chi connectivity index (χ3v) is 5.14. The molecule has 6 nitrogen and oxygen atoms in total. The second-order valence-electron chi connectivity index (χ2n) is 7.98. The van der Waals surface area contributed by atoms with Crippen LogP contribution in [0.3, 0.4) is 0 Å². The van der Waals surface area contributed by atoms with Crippen LogP contribution < -0.4 is 5.32 Å². The van der Waals surface area contributed by atoms with Crippen LogP contribution in [0.2, 0.25) is 0 Å². The van der Waals surface area contributed by atoms with Crippen molar-refractivity contribution >= 4 is 12.0 Å². The molecular weight excluding hydrogens is 385 g/mol. The van der Waals surface area contributed by atoms with Crippen molar-refractivity contribution in [2.45, 2.75) is 32.7 Å². The highest BCUT2D eigenvalue weighted by atomic mass is 19.1. The SMILES string of the molecule is CC(C)COC(=O)N1CCC(C(=O)NC(c2ccc(F)cc2)c2ccccn2)CC1. The van der Waals surface area contributed by atoms with E-state index < -0.39 is 6.04 Å². The van der Waals surface area contributed by atoms with Crippen molar-refractivity contribution in [2.75, 3.05) is 19.7 Å². The lowest BCUT2D eigenvalue weighted by molar-refractivity contribution is -0.126. The Morgan fingerprint density at radius 3 is 2.47 bits per heavy atom. The van der Waals surface area contributed by atoms with E-state index in [1.807, 2.05) is 26.0 Å². The molecule has 0 bridgehead atoms. The van der Waals surface area contributed by atoms with Crippen LogP contribution in [0.15, 0.2) is 48.7 Å². The van der Waals surface area contributed by atoms with Gasteiger partial charge in [-0.3, -0.25) is 9.78 Å². The first-order valence-electron chi connectivity index (χ1n) is 10.3. The van der Waals surface area contributed by atoms with Gasteiger partial charge < -0.3 is 15.0 Å². The fourth-order valence-corrected chi connectivity index (χ4v) is 3.44. The van der Waals surface area contributed by atoms with Gasteiger partial charge in [0.25, 0.3) is 0 Å². The second-order valence-corrected chi connectivity index (χ2v) is 7.98. The lowest BCUT2D eigenvalue weighted by atomic mass is 9.94. The fraction of sp³-hybridized carbons (Fsp3) is 0.435. The maximum absolute atomic E-state index is 13.4. The van der Waals surface area contributed by atoms with E-state index in [4.69, 9.17) is 4.74 Å². The summed E-state index contributed by atoms with van der Waals surface area (Å²) >= 11 is 0. The van der Waals surface area contributed by atoms with Gasteiger partial charge in [-0.1, -0.05) is 32.0 Å². The molecule has 1 fully saturated rings. The number of nitrogens with one attached hydrogen (secondary N) is 1. The number of aromatic nitrogens is 1. The number of carbonyl (C=O) groups excluding carboxylic acids is 2. The molecule has 1 aliphatic rings. The zero-order valence-corrected chi connectivity index (χ0v) is 17.4. The lowest BCUT2D eigenvalue weighted by Gasteiger charge is -2.31. The summed E-state index contributed by atoms with van der Waals surface area (Å²) in [6.45, 7) is 5.34. The van der Waals surface area contributed by atoms with Crippen molar-refractivity contribution in [1.82, 2.24) is 15.2 Å². The van der Waals surface area contributed by atoms with E-state index in [9.17, 15) is 14.0 Å². The first-order chi connectivity index (χ1) is 14.4. The topological polar surface area (TPSA) is 71.5 Å². The number of piperidine rings is 1. The van der Waals surface area contributed by atoms with Crippen LogP contribution in [-0.4, -0.2) is 41.6 Å². The molecule has 2 heterocycles. The quantitative estimate of drug-likeness (QED) is 0.779. The van der Waals surface area contributed by atoms with Gasteiger partial charge in [0.15, 0.2) is 0 Å². The van der Waals surface area contributed by atoms with Crippen molar-refractivity contribution in [2.24, 2.45) is 11.8 Å². The Kier molecular flexibility index (Phi) is 7.38. The Morgan fingerprint density at radius 2 is 1.87 bits per heavy atom. The van der Waals surface area contributed by atoms with Crippen molar-refractivity contribution in [3.8, 4) is 0 Å². The summed E-state index contributed by atoms with van der Waals surface area (Å²) in [5, 5.41) is 3.06. The number of rotatable bonds is 6. The zero-order valence-electron chi connectivity index (χ0n) is 17.4. The molecule has 7 heteroatoms. The summed E-state index contributed by atoms with van der Waals surface area (Å²) in [5.74, 6) is -0.343. The third-order valence-electron chi connectivity index (χ3n) is 5.14. The van der Waals surface area contributed by atoms with Crippen LogP contribution in [0.25, 0.3) is 0 Å². The molecule has 0 saturated carbocycles. The van der Waals surface area contributed by atoms with E-state index in [1.54, 1.807) is 29.3 Å². The van der Waals surface area contributed by atoms with Crippen LogP contribution in [0.1, 0.15) is 44.0 Å². The molecule has 160 valence electrons. The number of hydrogen-bond donors (Lipinski definition) is 1. The minimum absolute atomic E-state index is 0.0924. The van der Waals surface area contributed by atoms with Crippen molar-refractivity contribution < 1.29 is 18.7 Å². The predicted molar refractivity (Wildman–Crippen MR) is 111 cm³/mol. The molecule has 1 atom stereocenters. The third kappa shape index (κ3) is 5.78. The molecule has 1 unspecified atom stereocenters. The molecule has 1 saturated heterocycles. The average Bonchev–Trinajstić information content (AvgIpc) is 2.77. The number of halogens is 1. The van der Waals surface area contributed by atoms with Gasteiger partial charge in [0.1, 0.15) is 5.82 Å². The van der Waals surface area contributed by atoms with Gasteiger partial charge in [0.05, 0.1) is 18.3 Å². The Labute approximate surface area is 176 Å². The monoisotopic (exact) mass is 413 g/mol. The number of pyridine rings is 1. The Morgan fingerprint density at radius 1 is 1.17 bits per heavy atom. The highest BCUT2D eigenvalue weighted by Gasteiger charge is 2.30. The second kappa shape index (κ2) is 10.2. The van der Waals surface area contributed by atoms with Crippen LogP contribution in [0, 0.1) is 17.7 Å². The van der Waals surface area contributed by atoms with Crippen molar-refractivity contribution in [1.29, 1.82) is 0 Å². The van der Waals surface area contributed by atoms with Crippen molar-refractivity contribution in [3.63, 3.8) is 0 Å². The van der Waals surface area contributed by atoms with Gasteiger partial charge >= 0.3 is 6.09 Å². The number of ether oxygens (including phenoxy) is 1. The largest absolute Gasteiger partial charge is 0.449 e. The summed E-state index contributed by atoms with van der Waals surface area (Å²) in [6, 6.07) is 11.1. The molecular formula is C23H28FN3O3. The molecule has 2 amide bonds. The Balaban J connectivity index is 1.63. The summed E-state index contributed by atoms with van der Waals surface area (Å²) in [4.78, 5) is 31.1. The van der Waals surface area contributed by atoms with Gasteiger partial charge in [-0.25, -0.2) is 9.18 Å². The maximum atomic E-state index is 13.4. The summed E-state index contributed by atoms with van der Waals surface area (Å²) in [7, 11) is 0. The smallest absolute Gasteiger partial charge is 0.409 e. The van der Waals surface area contributed by atoms with Gasteiger partial charge in [-0.15, -0.1) is 0 Å². The fourth-order valence-electron chi connectivity index (χ4n) is 3.44. The molecule has 1 aliphatic heterocycles. The van der Waals surface area contributed by atoms with E-state index in [2.05, 4.69) is 10.3 Å². The minimum atomic E-state index is -0.465. The Hall–Kier alpha value is -2.96. The highest BCUT2D eigenvalue weighted by molar-refractivity contribution is 5.80. The van der Waals surface area contributed by atoms with Crippen LogP contribution in [-0.2, 0) is 9.53 Å². The first kappa shape index (κ1) is 21.7. The van der Waals surface area contributed by atoms with Gasteiger partial charge in [0, 0.05) is 25.2 Å². The maximum Gasteiger partial charge on any atom is 0.409 e. The standard InChI is InChI=1S/C23H28FN3O3/c1-16(2)15-30-23(29)27-13-10-18(11-14-27)22(28)26-21(20-5-3-4-12-25-20)17-6-8-19(24)9-7-17/h3-9,12,16,18,21H,10-11,13-15H2,1-2H3,(H,26,28). The van der Waals surface area contributed by atoms with Gasteiger partial charge in [0.2, 0.25) is 5.91 Å². The minimum Gasteiger partial charge on any atom is -0.449 e. The summed E-state index contributed by atoms with van der Waals surface area (Å²) in [6.07, 6.45) is 2.49. The molecule has 3 rings (SSSR count). The number of carbonyl (C=O) groups is 2. The van der Waals surface area contributed by atoms with E-state index >= 15 is 0 Å². The summed E-state index contributed by atoms with van der Waals surface area (Å²) in [5.41, 5.74) is 1.45. The van der Waals surface area contributed by atoms with Crippen molar-refractivity contribution in [3.05, 3.63) is 65.7 Å². The van der Waals surface area contributed by atoms with E-state index in [1.165, 1.54) is 12.1 Å². The number of nitrogens with zero attached hydrogens (tertiary/aromatic N) is 2. The number of hydrogen-bond acceptors (Lipinski definition) is 4. The van der Waals surface area contributed by atoms with Gasteiger partial charge in [-0.05, 0) is 48.6 Å². The predicted octanol–water partition coefficient (Wildman–Crippen LogP) is 3.93. The van der Waals surface area contributed by atoms with Crippen LogP contribution in [0.5, 0.6) is 0 Å². The number of likely N-dealkylation sites (tertiary alicyclic amines) is 1. The average molecular weight is 413 g/mol. The molecule has 1 aromatic carbocycles. The molecule has 1 aromatic heterocycles. The first-order valence-corrected chi connectivity index (χ1v) is 10.3. The highest BCUT2D eigenvalue weighted by Crippen LogP contribution is 2.24. The number of benzene rings is 1. The molecule has 30 heavy (non-hydrogen) atoms. The summed E-state index contributed by atoms with van der Waals surface area (Å²) < 4.78 is 18.6. The van der Waals surface area contributed by atoms with Crippen LogP contribution >= 0.6 is 0 Å². The molecule has 0 spiro atoms. The molecule has 0 aliphatic carbocycles. The molecule has 2 aromatic rings. The lowest BCUT2D eigenvalue weighted by Crippen LogP contribution is -2.44. The normalized spacial score (nSPS) is 15.7. The van der Waals surface area contributed by atoms with Gasteiger partial charge in [-0.2, -0.15) is 0 Å². The molecule has 1 N–H and O–H groups in total. The van der Waals surface area contributed by atoms with E-state index in [-0.39, 0.29) is 29.7 Å². The van der Waals surface area contributed by atoms with E-state index in [0.29, 0.717) is 38.2 Å². The number of amides is 2. The zero-order chi connectivity index (χ0) is 21.5. The molecule has 0 radical (unpaired) electrons. The van der Waals surface area contributed by atoms with E-state index in [0.717, 1.165) is 5.56 Å². The van der Waals surface area contributed by atoms with Crippen LogP contribution in [0.4, 0.5) is 9.18 Å².